The van der Waals surface area contributed by atoms with Gasteiger partial charge in [0.15, 0.2) is 0 Å². The highest BCUT2D eigenvalue weighted by atomic mass is 35.5. The third kappa shape index (κ3) is 6.37. The third-order valence-electron chi connectivity index (χ3n) is 6.78. The Hall–Kier alpha value is -4.75. The van der Waals surface area contributed by atoms with Gasteiger partial charge in [-0.05, 0) is 56.7 Å². The van der Waals surface area contributed by atoms with Crippen molar-refractivity contribution >= 4 is 29.0 Å². The second-order valence-electron chi connectivity index (χ2n) is 10.4. The number of amides is 1. The van der Waals surface area contributed by atoms with Crippen molar-refractivity contribution in [3.8, 4) is 17.0 Å². The van der Waals surface area contributed by atoms with Crippen molar-refractivity contribution in [3.05, 3.63) is 93.9 Å². The van der Waals surface area contributed by atoms with Gasteiger partial charge in [0.2, 0.25) is 11.9 Å². The van der Waals surface area contributed by atoms with Gasteiger partial charge in [-0.2, -0.15) is 5.10 Å². The highest BCUT2D eigenvalue weighted by molar-refractivity contribution is 6.32. The summed E-state index contributed by atoms with van der Waals surface area (Å²) >= 11 is 6.43. The SMILES string of the molecule is COc1cc(F)cc([C@@H](CO)NC(=O)[C@H](C)n2cnn3cc(-c4nc(NC5=CC(C)(C)OC=C5)ncc4Cl)cc3c2=O)c1.[H+].[H+].[H+].[H+]. The molecule has 0 radical (unpaired) electrons. The molecule has 2 atom stereocenters. The summed E-state index contributed by atoms with van der Waals surface area (Å²) in [5.74, 6) is -0.651. The summed E-state index contributed by atoms with van der Waals surface area (Å²) in [6.07, 6.45) is 9.51. The standard InChI is InChI=1S/C29H29ClFN7O5/c1-16(26(40)35-23(14-39)17-7-19(31)10-21(8-17)42-4)37-15-33-38-13-18(9-24(38)27(37)41)25-22(30)12-32-28(36-25)34-20-5-6-43-29(2,3)11-20/h5-13,15-16,23,39H,14H2,1-4H3,(H,35,40)(H,32,34,36)/p+4/t16-,23+/m0/s1. The maximum atomic E-state index is 14.0. The number of aliphatic hydroxyl groups excluding tert-OH is 1. The maximum absolute atomic E-state index is 14.0. The number of anilines is 1. The first kappa shape index (κ1) is 29.7. The van der Waals surface area contributed by atoms with Crippen LogP contribution in [0.3, 0.4) is 0 Å². The Morgan fingerprint density at radius 3 is 2.81 bits per heavy atom. The number of nitrogens with zero attached hydrogens (tertiary/aromatic N) is 5. The van der Waals surface area contributed by atoms with E-state index < -0.39 is 41.6 Å². The topological polar surface area (TPSA) is 145 Å². The molecule has 3 N–H and O–H groups in total. The molecule has 0 bridgehead atoms. The average molecular weight is 614 g/mol. The van der Waals surface area contributed by atoms with E-state index in [-0.39, 0.29) is 27.9 Å². The van der Waals surface area contributed by atoms with Gasteiger partial charge >= 0.3 is 5.71 Å². The van der Waals surface area contributed by atoms with Crippen LogP contribution >= 0.6 is 11.6 Å². The Labute approximate surface area is 256 Å². The second-order valence-corrected chi connectivity index (χ2v) is 10.8. The third-order valence-corrected chi connectivity index (χ3v) is 7.05. The number of rotatable bonds is 9. The highest BCUT2D eigenvalue weighted by Crippen LogP contribution is 2.29. The number of halogens is 2. The number of hydrogen-bond donors (Lipinski definition) is 3. The van der Waals surface area contributed by atoms with Gasteiger partial charge in [-0.15, -0.1) is 0 Å². The van der Waals surface area contributed by atoms with E-state index in [1.807, 2.05) is 19.9 Å². The van der Waals surface area contributed by atoms with Crippen molar-refractivity contribution in [3.63, 3.8) is 0 Å². The van der Waals surface area contributed by atoms with E-state index in [0.717, 1.165) is 10.3 Å². The molecular weight excluding hydrogens is 581 g/mol. The molecule has 1 aliphatic rings. The Balaban J connectivity index is 0.00000276. The summed E-state index contributed by atoms with van der Waals surface area (Å²) < 4.78 is 27.2. The van der Waals surface area contributed by atoms with Crippen molar-refractivity contribution in [1.29, 1.82) is 0 Å². The van der Waals surface area contributed by atoms with E-state index in [4.69, 9.17) is 21.1 Å². The van der Waals surface area contributed by atoms with E-state index in [0.29, 0.717) is 16.8 Å². The largest absolute Gasteiger partial charge is 1.00 e. The molecule has 12 nitrogen and oxygen atoms in total. The fourth-order valence-electron chi connectivity index (χ4n) is 4.54. The van der Waals surface area contributed by atoms with Crippen LogP contribution in [0.2, 0.25) is 5.02 Å². The first-order chi connectivity index (χ1) is 20.5. The molecule has 0 fully saturated rings. The van der Waals surface area contributed by atoms with Crippen LogP contribution in [0.4, 0.5) is 10.3 Å². The Morgan fingerprint density at radius 2 is 2.09 bits per heavy atom. The molecule has 3 aromatic heterocycles. The molecule has 14 heteroatoms. The van der Waals surface area contributed by atoms with Crippen molar-refractivity contribution < 1.29 is 29.5 Å². The molecule has 0 unspecified atom stereocenters. The van der Waals surface area contributed by atoms with Gasteiger partial charge in [-0.25, -0.2) is 18.9 Å². The van der Waals surface area contributed by atoms with Crippen LogP contribution in [0.1, 0.15) is 44.1 Å². The Bertz CT molecular complexity index is 1840. The lowest BCUT2D eigenvalue weighted by molar-refractivity contribution is -0.125. The molecule has 1 amide bonds. The molecular formula is C29H33ClFN7O5+4. The van der Waals surface area contributed by atoms with Crippen LogP contribution < -0.4 is 20.9 Å². The van der Waals surface area contributed by atoms with E-state index >= 15 is 0 Å². The van der Waals surface area contributed by atoms with Crippen LogP contribution in [-0.4, -0.2) is 54.5 Å². The van der Waals surface area contributed by atoms with Crippen molar-refractivity contribution in [1.82, 2.24) is 29.5 Å². The minimum Gasteiger partial charge on any atom is -0.497 e. The molecule has 0 saturated carbocycles. The lowest BCUT2D eigenvalue weighted by Gasteiger charge is -2.24. The van der Waals surface area contributed by atoms with Crippen molar-refractivity contribution in [2.24, 2.45) is 0 Å². The molecule has 1 aromatic carbocycles. The number of nitrogens with one attached hydrogen (secondary N) is 2. The summed E-state index contributed by atoms with van der Waals surface area (Å²) in [4.78, 5) is 35.4. The molecule has 4 heterocycles. The number of aliphatic hydroxyl groups is 1. The average Bonchev–Trinajstić information content (AvgIpc) is 3.41. The molecule has 43 heavy (non-hydrogen) atoms. The fraction of sp³-hybridized carbons (Fsp3) is 0.276. The Morgan fingerprint density at radius 1 is 1.30 bits per heavy atom. The number of fused-ring (bicyclic) bond motifs is 1. The van der Waals surface area contributed by atoms with Gasteiger partial charge in [-0.1, -0.05) is 11.6 Å². The van der Waals surface area contributed by atoms with Gasteiger partial charge in [0.05, 0.1) is 42.9 Å². The number of carbonyl (C=O) groups excluding carboxylic acids is 1. The van der Waals surface area contributed by atoms with E-state index in [1.165, 1.54) is 49.3 Å². The number of benzene rings is 1. The van der Waals surface area contributed by atoms with Crippen LogP contribution in [0.5, 0.6) is 5.75 Å². The zero-order chi connectivity index (χ0) is 30.9. The van der Waals surface area contributed by atoms with E-state index in [2.05, 4.69) is 25.7 Å². The molecule has 1 aliphatic heterocycles. The Kier molecular flexibility index (Phi) is 8.20. The minimum atomic E-state index is -1.02. The smallest absolute Gasteiger partial charge is 0.497 e. The van der Waals surface area contributed by atoms with Crippen molar-refractivity contribution in [2.75, 3.05) is 19.0 Å². The lowest BCUT2D eigenvalue weighted by Crippen LogP contribution is -2.39. The minimum absolute atomic E-state index is 0. The van der Waals surface area contributed by atoms with E-state index in [1.54, 1.807) is 24.6 Å². The number of carbonyl (C=O) groups is 1. The molecule has 0 aliphatic carbocycles. The molecule has 5 rings (SSSR count). The predicted octanol–water partition coefficient (Wildman–Crippen LogP) is 4.23. The highest BCUT2D eigenvalue weighted by Gasteiger charge is 2.24. The summed E-state index contributed by atoms with van der Waals surface area (Å²) in [6.45, 7) is 4.83. The van der Waals surface area contributed by atoms with Crippen molar-refractivity contribution in [2.45, 2.75) is 38.5 Å². The first-order valence-electron chi connectivity index (χ1n) is 13.2. The summed E-state index contributed by atoms with van der Waals surface area (Å²) in [7, 11) is 1.38. The first-order valence-corrected chi connectivity index (χ1v) is 13.6. The summed E-state index contributed by atoms with van der Waals surface area (Å²) in [6, 6.07) is 3.49. The number of methoxy groups -OCH3 is 1. The van der Waals surface area contributed by atoms with Gasteiger partial charge in [0, 0.05) is 23.5 Å². The number of ether oxygens (including phenoxy) is 2. The zero-order valence-corrected chi connectivity index (χ0v) is 24.5. The zero-order valence-electron chi connectivity index (χ0n) is 27.7. The summed E-state index contributed by atoms with van der Waals surface area (Å²) in [5, 5.41) is 20.2. The van der Waals surface area contributed by atoms with Crippen LogP contribution in [-0.2, 0) is 9.53 Å². The number of allylic oxidation sites excluding steroid dienone is 1. The predicted molar refractivity (Wildman–Crippen MR) is 162 cm³/mol. The van der Waals surface area contributed by atoms with Crippen LogP contribution in [0.25, 0.3) is 16.8 Å². The molecule has 0 saturated heterocycles. The monoisotopic (exact) mass is 613 g/mol. The number of aromatic nitrogens is 5. The molecule has 4 aromatic rings. The molecule has 0 spiro atoms. The van der Waals surface area contributed by atoms with Crippen LogP contribution in [0.15, 0.2) is 71.9 Å². The fourth-order valence-corrected chi connectivity index (χ4v) is 4.74. The van der Waals surface area contributed by atoms with Gasteiger partial charge in [0.1, 0.15) is 35.1 Å². The van der Waals surface area contributed by atoms with Gasteiger partial charge < -0.3 is 25.2 Å². The normalized spacial score (nSPS) is 15.4. The lowest BCUT2D eigenvalue weighted by atomic mass is 10.1. The van der Waals surface area contributed by atoms with Gasteiger partial charge in [-0.3, -0.25) is 14.2 Å². The van der Waals surface area contributed by atoms with Gasteiger partial charge in [0.25, 0.3) is 5.56 Å². The van der Waals surface area contributed by atoms with Crippen LogP contribution in [0, 0.1) is 5.82 Å². The quantitative estimate of drug-likeness (QED) is 0.252. The second kappa shape index (κ2) is 11.9. The maximum Gasteiger partial charge on any atom is 1.00 e. The van der Waals surface area contributed by atoms with E-state index in [9.17, 15) is 19.1 Å². The summed E-state index contributed by atoms with van der Waals surface area (Å²) in [5.41, 5.74) is 1.09. The molecule has 224 valence electrons. The number of hydrogen-bond acceptors (Lipinski definition) is 9.